The smallest absolute Gasteiger partial charge is 0.273 e. The lowest BCUT2D eigenvalue weighted by Crippen LogP contribution is -2.36. The normalized spacial score (nSPS) is 12.1. The van der Waals surface area contributed by atoms with E-state index in [1.54, 1.807) is 11.0 Å². The van der Waals surface area contributed by atoms with Crippen molar-refractivity contribution in [2.24, 2.45) is 0 Å². The zero-order valence-corrected chi connectivity index (χ0v) is 16.3. The fourth-order valence-electron chi connectivity index (χ4n) is 3.08. The summed E-state index contributed by atoms with van der Waals surface area (Å²) < 4.78 is 10.7. The number of ether oxygens (including phenoxy) is 2. The summed E-state index contributed by atoms with van der Waals surface area (Å²) >= 11 is 0. The molecule has 0 aliphatic carbocycles. The Balaban J connectivity index is 1.52. The highest BCUT2D eigenvalue weighted by Gasteiger charge is 2.21. The van der Waals surface area contributed by atoms with Gasteiger partial charge in [0.2, 0.25) is 6.79 Å². The number of amides is 1. The van der Waals surface area contributed by atoms with Gasteiger partial charge in [-0.05, 0) is 31.5 Å². The molecule has 4 rings (SSSR count). The molecule has 0 saturated carbocycles. The predicted octanol–water partition coefficient (Wildman–Crippen LogP) is 4.00. The Morgan fingerprint density at radius 3 is 2.66 bits per heavy atom. The summed E-state index contributed by atoms with van der Waals surface area (Å²) in [6, 6.07) is 17.1. The van der Waals surface area contributed by atoms with Crippen LogP contribution in [0.2, 0.25) is 0 Å². The Morgan fingerprint density at radius 2 is 1.86 bits per heavy atom. The third kappa shape index (κ3) is 4.29. The second-order valence-corrected chi connectivity index (χ2v) is 6.99. The Bertz CT molecular complexity index is 1010. The van der Waals surface area contributed by atoms with E-state index in [-0.39, 0.29) is 18.7 Å². The number of rotatable bonds is 6. The monoisotopic (exact) mass is 390 g/mol. The maximum Gasteiger partial charge on any atom is 0.273 e. The number of hydrogen-bond donors (Lipinski definition) is 1. The number of fused-ring (bicyclic) bond motifs is 1. The minimum atomic E-state index is -0.139. The molecule has 1 aliphatic heterocycles. The molecule has 1 N–H and O–H groups in total. The van der Waals surface area contributed by atoms with Gasteiger partial charge in [-0.2, -0.15) is 0 Å². The zero-order chi connectivity index (χ0) is 20.2. The molecular weight excluding hydrogens is 368 g/mol. The highest BCUT2D eigenvalue weighted by Crippen LogP contribution is 2.34. The number of nitrogens with one attached hydrogen (secondary N) is 1. The second-order valence-electron chi connectivity index (χ2n) is 6.99. The number of hydrogen-bond acceptors (Lipinski definition) is 6. The molecule has 29 heavy (non-hydrogen) atoms. The maximum atomic E-state index is 13.1. The Labute approximate surface area is 169 Å². The van der Waals surface area contributed by atoms with Crippen LogP contribution in [0.4, 0.5) is 11.5 Å². The van der Waals surface area contributed by atoms with Crippen molar-refractivity contribution in [2.45, 2.75) is 26.4 Å². The molecule has 0 fully saturated rings. The molecule has 0 bridgehead atoms. The van der Waals surface area contributed by atoms with Gasteiger partial charge in [0.05, 0.1) is 0 Å². The quantitative estimate of drug-likeness (QED) is 0.686. The van der Waals surface area contributed by atoms with Crippen LogP contribution in [0.5, 0.6) is 11.5 Å². The van der Waals surface area contributed by atoms with Crippen molar-refractivity contribution in [3.8, 4) is 11.5 Å². The van der Waals surface area contributed by atoms with Gasteiger partial charge in [-0.3, -0.25) is 4.79 Å². The molecule has 0 unspecified atom stereocenters. The van der Waals surface area contributed by atoms with E-state index in [1.807, 2.05) is 62.4 Å². The molecule has 0 saturated heterocycles. The van der Waals surface area contributed by atoms with Crippen LogP contribution in [0.1, 0.15) is 29.9 Å². The highest BCUT2D eigenvalue weighted by molar-refractivity contribution is 5.93. The summed E-state index contributed by atoms with van der Waals surface area (Å²) in [6.07, 6.45) is 1.39. The summed E-state index contributed by atoms with van der Waals surface area (Å²) in [5, 5.41) is 3.19. The van der Waals surface area contributed by atoms with E-state index < -0.39 is 0 Å². The van der Waals surface area contributed by atoms with Crippen molar-refractivity contribution in [3.05, 3.63) is 72.2 Å². The molecule has 7 nitrogen and oxygen atoms in total. The lowest BCUT2D eigenvalue weighted by molar-refractivity contribution is 0.0684. The molecule has 2 heterocycles. The van der Waals surface area contributed by atoms with Crippen LogP contribution >= 0.6 is 0 Å². The van der Waals surface area contributed by atoms with Gasteiger partial charge < -0.3 is 19.7 Å². The van der Waals surface area contributed by atoms with Gasteiger partial charge in [0, 0.05) is 30.4 Å². The first-order valence-corrected chi connectivity index (χ1v) is 9.44. The molecule has 7 heteroatoms. The largest absolute Gasteiger partial charge is 0.454 e. The third-order valence-corrected chi connectivity index (χ3v) is 4.61. The van der Waals surface area contributed by atoms with Crippen LogP contribution in [-0.2, 0) is 6.54 Å². The van der Waals surface area contributed by atoms with E-state index in [1.165, 1.54) is 6.33 Å². The Morgan fingerprint density at radius 1 is 1.07 bits per heavy atom. The van der Waals surface area contributed by atoms with Crippen LogP contribution in [0.15, 0.2) is 60.9 Å². The molecule has 1 amide bonds. The molecule has 1 aromatic heterocycles. The van der Waals surface area contributed by atoms with Gasteiger partial charge in [-0.25, -0.2) is 9.97 Å². The topological polar surface area (TPSA) is 76.6 Å². The SMILES string of the molecule is CC(C)N(Cc1ccccc1)C(=O)c1cc(Nc2ccc3c(c2)OCO3)ncn1. The minimum Gasteiger partial charge on any atom is -0.454 e. The van der Waals surface area contributed by atoms with E-state index in [0.29, 0.717) is 29.6 Å². The minimum absolute atomic E-state index is 0.0305. The van der Waals surface area contributed by atoms with Crippen molar-refractivity contribution >= 4 is 17.4 Å². The number of anilines is 2. The lowest BCUT2D eigenvalue weighted by atomic mass is 10.1. The van der Waals surface area contributed by atoms with E-state index in [9.17, 15) is 4.79 Å². The van der Waals surface area contributed by atoms with E-state index in [0.717, 1.165) is 11.3 Å². The van der Waals surface area contributed by atoms with Gasteiger partial charge in [-0.15, -0.1) is 0 Å². The molecule has 0 spiro atoms. The van der Waals surface area contributed by atoms with Crippen molar-refractivity contribution < 1.29 is 14.3 Å². The van der Waals surface area contributed by atoms with Crippen LogP contribution in [-0.4, -0.2) is 33.6 Å². The number of benzene rings is 2. The fraction of sp³-hybridized carbons (Fsp3) is 0.227. The summed E-state index contributed by atoms with van der Waals surface area (Å²) in [4.78, 5) is 23.3. The fourth-order valence-corrected chi connectivity index (χ4v) is 3.08. The van der Waals surface area contributed by atoms with E-state index in [4.69, 9.17) is 9.47 Å². The first-order chi connectivity index (χ1) is 14.1. The average Bonchev–Trinajstić information content (AvgIpc) is 3.20. The molecule has 1 aliphatic rings. The number of aromatic nitrogens is 2. The van der Waals surface area contributed by atoms with Crippen molar-refractivity contribution in [1.82, 2.24) is 14.9 Å². The maximum absolute atomic E-state index is 13.1. The van der Waals surface area contributed by atoms with Gasteiger partial charge in [0.1, 0.15) is 17.8 Å². The highest BCUT2D eigenvalue weighted by atomic mass is 16.7. The number of carbonyl (C=O) groups is 1. The second kappa shape index (κ2) is 8.18. The van der Waals surface area contributed by atoms with Crippen LogP contribution in [0, 0.1) is 0 Å². The molecular formula is C22H22N4O3. The molecule has 148 valence electrons. The van der Waals surface area contributed by atoms with Crippen LogP contribution < -0.4 is 14.8 Å². The van der Waals surface area contributed by atoms with Gasteiger partial charge >= 0.3 is 0 Å². The van der Waals surface area contributed by atoms with Crippen molar-refractivity contribution in [1.29, 1.82) is 0 Å². The van der Waals surface area contributed by atoms with Crippen molar-refractivity contribution in [3.63, 3.8) is 0 Å². The number of carbonyl (C=O) groups excluding carboxylic acids is 1. The van der Waals surface area contributed by atoms with Crippen LogP contribution in [0.3, 0.4) is 0 Å². The standard InChI is InChI=1S/C22H22N4O3/c1-15(2)26(12-16-6-4-3-5-7-16)22(27)18-11-21(24-13-23-18)25-17-8-9-19-20(10-17)29-14-28-19/h3-11,13,15H,12,14H2,1-2H3,(H,23,24,25). The van der Waals surface area contributed by atoms with Gasteiger partial charge in [0.15, 0.2) is 11.5 Å². The predicted molar refractivity (Wildman–Crippen MR) is 109 cm³/mol. The lowest BCUT2D eigenvalue weighted by Gasteiger charge is -2.26. The summed E-state index contributed by atoms with van der Waals surface area (Å²) in [5.41, 5.74) is 2.20. The Kier molecular flexibility index (Phi) is 5.29. The average molecular weight is 390 g/mol. The number of nitrogens with zero attached hydrogens (tertiary/aromatic N) is 3. The summed E-state index contributed by atoms with van der Waals surface area (Å²) in [5.74, 6) is 1.78. The molecule has 0 radical (unpaired) electrons. The van der Waals surface area contributed by atoms with Crippen LogP contribution in [0.25, 0.3) is 0 Å². The van der Waals surface area contributed by atoms with E-state index >= 15 is 0 Å². The van der Waals surface area contributed by atoms with E-state index in [2.05, 4.69) is 15.3 Å². The van der Waals surface area contributed by atoms with Crippen molar-refractivity contribution in [2.75, 3.05) is 12.1 Å². The Hall–Kier alpha value is -3.61. The first-order valence-electron chi connectivity index (χ1n) is 9.44. The summed E-state index contributed by atoms with van der Waals surface area (Å²) in [7, 11) is 0. The zero-order valence-electron chi connectivity index (χ0n) is 16.3. The summed E-state index contributed by atoms with van der Waals surface area (Å²) in [6.45, 7) is 4.73. The molecule has 3 aromatic rings. The third-order valence-electron chi connectivity index (χ3n) is 4.61. The first kappa shape index (κ1) is 18.7. The van der Waals surface area contributed by atoms with Gasteiger partial charge in [0.25, 0.3) is 5.91 Å². The molecule has 0 atom stereocenters. The van der Waals surface area contributed by atoms with Gasteiger partial charge in [-0.1, -0.05) is 30.3 Å². The molecule has 2 aromatic carbocycles.